The monoisotopic (exact) mass is 357 g/mol. The number of carbonyl (C=O) groups is 1. The van der Waals surface area contributed by atoms with Crippen LogP contribution in [0.3, 0.4) is 0 Å². The zero-order chi connectivity index (χ0) is 15.6. The van der Waals surface area contributed by atoms with Crippen LogP contribution in [0, 0.1) is 5.92 Å². The summed E-state index contributed by atoms with van der Waals surface area (Å²) in [5, 5.41) is 7.33. The van der Waals surface area contributed by atoms with Crippen LogP contribution in [-0.2, 0) is 11.3 Å². The Morgan fingerprint density at radius 1 is 1.62 bits per heavy atom. The second-order valence-corrected chi connectivity index (χ2v) is 6.33. The second kappa shape index (κ2) is 6.57. The van der Waals surface area contributed by atoms with Crippen molar-refractivity contribution < 1.29 is 4.79 Å². The molecule has 0 aliphatic carbocycles. The summed E-state index contributed by atoms with van der Waals surface area (Å²) < 4.78 is 1.85. The van der Waals surface area contributed by atoms with Crippen molar-refractivity contribution in [1.29, 1.82) is 0 Å². The minimum atomic E-state index is -0.475. The number of hydrogen-bond acceptors (Lipinski definition) is 5. The Morgan fingerprint density at radius 3 is 2.95 bits per heavy atom. The van der Waals surface area contributed by atoms with E-state index in [9.17, 15) is 9.59 Å². The van der Waals surface area contributed by atoms with Crippen molar-refractivity contribution >= 4 is 27.5 Å². The van der Waals surface area contributed by atoms with Crippen molar-refractivity contribution in [2.24, 2.45) is 11.7 Å². The molecule has 3 N–H and O–H groups in total. The molecule has 1 aliphatic heterocycles. The number of anilines is 1. The van der Waals surface area contributed by atoms with Gasteiger partial charge >= 0.3 is 0 Å². The van der Waals surface area contributed by atoms with Crippen LogP contribution in [0.25, 0.3) is 0 Å². The van der Waals surface area contributed by atoms with Gasteiger partial charge < -0.3 is 16.0 Å². The summed E-state index contributed by atoms with van der Waals surface area (Å²) in [7, 11) is 0. The summed E-state index contributed by atoms with van der Waals surface area (Å²) in [6, 6.07) is -0.475. The summed E-state index contributed by atoms with van der Waals surface area (Å²) in [4.78, 5) is 25.7. The predicted octanol–water partition coefficient (Wildman–Crippen LogP) is -0.0747. The Kier molecular flexibility index (Phi) is 5.00. The van der Waals surface area contributed by atoms with E-state index < -0.39 is 11.9 Å². The topological polar surface area (TPSA) is 93.2 Å². The van der Waals surface area contributed by atoms with E-state index in [1.165, 1.54) is 4.68 Å². The van der Waals surface area contributed by atoms with Gasteiger partial charge in [-0.05, 0) is 21.8 Å². The highest BCUT2D eigenvalue weighted by molar-refractivity contribution is 9.10. The number of piperazine rings is 1. The molecule has 8 heteroatoms. The van der Waals surface area contributed by atoms with Crippen LogP contribution in [0.1, 0.15) is 13.8 Å². The molecule has 21 heavy (non-hydrogen) atoms. The van der Waals surface area contributed by atoms with E-state index in [2.05, 4.69) is 26.3 Å². The van der Waals surface area contributed by atoms with Gasteiger partial charge in [-0.1, -0.05) is 13.8 Å². The molecular formula is C13H20BrN5O2. The van der Waals surface area contributed by atoms with Gasteiger partial charge in [0.1, 0.15) is 10.5 Å². The zero-order valence-corrected chi connectivity index (χ0v) is 13.8. The highest BCUT2D eigenvalue weighted by Crippen LogP contribution is 2.24. The van der Waals surface area contributed by atoms with Gasteiger partial charge in [0.25, 0.3) is 5.56 Å². The summed E-state index contributed by atoms with van der Waals surface area (Å²) in [6.07, 6.45) is 1.62. The molecule has 7 nitrogen and oxygen atoms in total. The number of nitrogens with zero attached hydrogens (tertiary/aromatic N) is 3. The fourth-order valence-electron chi connectivity index (χ4n) is 2.38. The number of rotatable bonds is 4. The Hall–Kier alpha value is -1.41. The van der Waals surface area contributed by atoms with Crippen LogP contribution >= 0.6 is 15.9 Å². The smallest absolute Gasteiger partial charge is 0.283 e. The van der Waals surface area contributed by atoms with Crippen molar-refractivity contribution in [3.8, 4) is 0 Å². The summed E-state index contributed by atoms with van der Waals surface area (Å²) in [5.74, 6) is -0.0917. The van der Waals surface area contributed by atoms with Crippen LogP contribution in [0.15, 0.2) is 15.5 Å². The van der Waals surface area contributed by atoms with Gasteiger partial charge in [-0.25, -0.2) is 4.68 Å². The highest BCUT2D eigenvalue weighted by atomic mass is 79.9. The van der Waals surface area contributed by atoms with Crippen molar-refractivity contribution in [2.45, 2.75) is 26.4 Å². The Labute approximate surface area is 131 Å². The molecule has 2 rings (SSSR count). The molecule has 0 aromatic carbocycles. The quantitative estimate of drug-likeness (QED) is 0.786. The van der Waals surface area contributed by atoms with Crippen LogP contribution in [0.5, 0.6) is 0 Å². The number of aromatic nitrogens is 2. The highest BCUT2D eigenvalue weighted by Gasteiger charge is 2.29. The predicted molar refractivity (Wildman–Crippen MR) is 84.2 cm³/mol. The number of hydrogen-bond donors (Lipinski definition) is 2. The van der Waals surface area contributed by atoms with Crippen molar-refractivity contribution in [3.63, 3.8) is 0 Å². The van der Waals surface area contributed by atoms with Gasteiger partial charge in [-0.3, -0.25) is 9.59 Å². The van der Waals surface area contributed by atoms with Crippen LogP contribution in [0.4, 0.5) is 5.69 Å². The Morgan fingerprint density at radius 2 is 2.33 bits per heavy atom. The number of nitrogens with one attached hydrogen (secondary N) is 1. The fourth-order valence-corrected chi connectivity index (χ4v) is 2.91. The van der Waals surface area contributed by atoms with E-state index in [-0.39, 0.29) is 5.56 Å². The molecule has 1 aromatic rings. The maximum atomic E-state index is 12.3. The van der Waals surface area contributed by atoms with Crippen LogP contribution < -0.4 is 21.5 Å². The molecule has 1 atom stereocenters. The van der Waals surface area contributed by atoms with Crippen molar-refractivity contribution in [2.75, 3.05) is 24.5 Å². The van der Waals surface area contributed by atoms with Crippen molar-refractivity contribution in [3.05, 3.63) is 21.0 Å². The molecule has 1 aromatic heterocycles. The Bertz CT molecular complexity index is 586. The van der Waals surface area contributed by atoms with Gasteiger partial charge in [-0.2, -0.15) is 5.10 Å². The molecule has 0 spiro atoms. The average molecular weight is 358 g/mol. The standard InChI is InChI=1S/C13H20BrN5O2/c1-8(2)7-19-13(21)11(14)9(6-17-19)18-4-3-16-5-10(18)12(15)20/h6,8,10,16H,3-5,7H2,1-2H3,(H2,15,20). The van der Waals surface area contributed by atoms with E-state index in [4.69, 9.17) is 5.73 Å². The van der Waals surface area contributed by atoms with Crippen molar-refractivity contribution in [1.82, 2.24) is 15.1 Å². The maximum absolute atomic E-state index is 12.3. The molecule has 116 valence electrons. The number of carbonyl (C=O) groups excluding carboxylic acids is 1. The second-order valence-electron chi connectivity index (χ2n) is 5.54. The molecule has 0 bridgehead atoms. The molecule has 2 heterocycles. The molecule has 0 radical (unpaired) electrons. The molecule has 1 saturated heterocycles. The largest absolute Gasteiger partial charge is 0.368 e. The summed E-state index contributed by atoms with van der Waals surface area (Å²) >= 11 is 3.35. The molecular weight excluding hydrogens is 338 g/mol. The lowest BCUT2D eigenvalue weighted by molar-refractivity contribution is -0.119. The minimum absolute atomic E-state index is 0.192. The third-order valence-electron chi connectivity index (χ3n) is 3.39. The lowest BCUT2D eigenvalue weighted by atomic mass is 10.1. The fraction of sp³-hybridized carbons (Fsp3) is 0.615. The Balaban J connectivity index is 2.37. The van der Waals surface area contributed by atoms with Gasteiger partial charge in [0.05, 0.1) is 11.9 Å². The normalized spacial score (nSPS) is 19.0. The van der Waals surface area contributed by atoms with Gasteiger partial charge in [0, 0.05) is 26.2 Å². The summed E-state index contributed by atoms with van der Waals surface area (Å²) in [6.45, 7) is 6.40. The zero-order valence-electron chi connectivity index (χ0n) is 12.2. The maximum Gasteiger partial charge on any atom is 0.283 e. The first kappa shape index (κ1) is 16.0. The van der Waals surface area contributed by atoms with Gasteiger partial charge in [0.2, 0.25) is 5.91 Å². The minimum Gasteiger partial charge on any atom is -0.368 e. The first-order valence-electron chi connectivity index (χ1n) is 6.94. The van der Waals surface area contributed by atoms with Gasteiger partial charge in [0.15, 0.2) is 0 Å². The first-order chi connectivity index (χ1) is 9.91. The van der Waals surface area contributed by atoms with E-state index in [0.29, 0.717) is 35.7 Å². The third-order valence-corrected chi connectivity index (χ3v) is 4.13. The van der Waals surface area contributed by atoms with Gasteiger partial charge in [-0.15, -0.1) is 0 Å². The number of nitrogens with two attached hydrogens (primary N) is 1. The van der Waals surface area contributed by atoms with E-state index in [1.54, 1.807) is 6.20 Å². The van der Waals surface area contributed by atoms with Crippen LogP contribution in [0.2, 0.25) is 0 Å². The SMILES string of the molecule is CC(C)Cn1ncc(N2CCNCC2C(N)=O)c(Br)c1=O. The first-order valence-corrected chi connectivity index (χ1v) is 7.73. The van der Waals surface area contributed by atoms with E-state index >= 15 is 0 Å². The molecule has 1 fully saturated rings. The molecule has 1 amide bonds. The number of halogens is 1. The molecule has 0 saturated carbocycles. The molecule has 1 unspecified atom stereocenters. The van der Waals surface area contributed by atoms with E-state index in [0.717, 1.165) is 6.54 Å². The summed E-state index contributed by atoms with van der Waals surface area (Å²) in [5.41, 5.74) is 5.86. The molecule has 1 aliphatic rings. The van der Waals surface area contributed by atoms with E-state index in [1.807, 2.05) is 18.7 Å². The lowest BCUT2D eigenvalue weighted by Crippen LogP contribution is -2.57. The van der Waals surface area contributed by atoms with Crippen LogP contribution in [-0.4, -0.2) is 41.4 Å². The third kappa shape index (κ3) is 3.44. The average Bonchev–Trinajstić information content (AvgIpc) is 2.44. The number of amides is 1. The lowest BCUT2D eigenvalue weighted by Gasteiger charge is -2.36. The number of primary amides is 1.